The van der Waals surface area contributed by atoms with Crippen molar-refractivity contribution in [2.24, 2.45) is 5.73 Å². The molecule has 2 aliphatic rings. The molecule has 0 atom stereocenters. The molecule has 2 saturated heterocycles. The molecule has 0 amide bonds. The highest BCUT2D eigenvalue weighted by Crippen LogP contribution is 2.34. The van der Waals surface area contributed by atoms with Gasteiger partial charge in [0, 0.05) is 37.5 Å². The molecule has 0 bridgehead atoms. The van der Waals surface area contributed by atoms with E-state index in [0.717, 1.165) is 12.8 Å². The van der Waals surface area contributed by atoms with E-state index in [-0.39, 0.29) is 4.75 Å². The molecule has 0 saturated carbocycles. The van der Waals surface area contributed by atoms with Crippen molar-refractivity contribution in [3.63, 3.8) is 0 Å². The number of piperidine rings is 1. The number of morpholine rings is 1. The summed E-state index contributed by atoms with van der Waals surface area (Å²) < 4.78 is 33.4. The number of nitrogens with zero attached hydrogens (tertiary/aromatic N) is 2. The van der Waals surface area contributed by atoms with E-state index in [1.165, 1.54) is 4.31 Å². The lowest BCUT2D eigenvalue weighted by Crippen LogP contribution is -2.54. The minimum absolute atomic E-state index is 0.0526. The van der Waals surface area contributed by atoms with E-state index < -0.39 is 10.2 Å². The molecule has 2 fully saturated rings. The molecule has 0 unspecified atom stereocenters. The number of thioether (sulfide) groups is 1. The van der Waals surface area contributed by atoms with Crippen LogP contribution in [-0.4, -0.2) is 74.0 Å². The molecular formula is C11H23N3O3S2. The molecule has 2 aliphatic heterocycles. The highest BCUT2D eigenvalue weighted by molar-refractivity contribution is 8.00. The molecule has 0 radical (unpaired) electrons. The third kappa shape index (κ3) is 3.25. The van der Waals surface area contributed by atoms with Gasteiger partial charge in [-0.1, -0.05) is 0 Å². The smallest absolute Gasteiger partial charge is 0.282 e. The number of hydrogen-bond donors (Lipinski definition) is 1. The number of ether oxygens (including phenoxy) is 1. The van der Waals surface area contributed by atoms with Crippen LogP contribution in [0.5, 0.6) is 0 Å². The van der Waals surface area contributed by atoms with Gasteiger partial charge in [-0.05, 0) is 19.1 Å². The van der Waals surface area contributed by atoms with Gasteiger partial charge in [-0.25, -0.2) is 0 Å². The SMILES string of the molecule is CSC1(CN)CCN(S(=O)(=O)N2CCOCC2)CC1. The Hall–Kier alpha value is 0.140. The highest BCUT2D eigenvalue weighted by Gasteiger charge is 2.39. The number of rotatable bonds is 4. The predicted molar refractivity (Wildman–Crippen MR) is 77.4 cm³/mol. The predicted octanol–water partition coefficient (Wildman–Crippen LogP) is -0.280. The maximum Gasteiger partial charge on any atom is 0.282 e. The Morgan fingerprint density at radius 2 is 1.68 bits per heavy atom. The van der Waals surface area contributed by atoms with Crippen LogP contribution in [0, 0.1) is 0 Å². The molecule has 19 heavy (non-hydrogen) atoms. The zero-order chi connectivity index (χ0) is 13.9. The van der Waals surface area contributed by atoms with Crippen LogP contribution in [0.4, 0.5) is 0 Å². The molecule has 0 aromatic heterocycles. The average Bonchev–Trinajstić information content (AvgIpc) is 2.48. The fourth-order valence-corrected chi connectivity index (χ4v) is 4.90. The van der Waals surface area contributed by atoms with Crippen LogP contribution in [0.1, 0.15) is 12.8 Å². The lowest BCUT2D eigenvalue weighted by molar-refractivity contribution is 0.0695. The van der Waals surface area contributed by atoms with E-state index in [0.29, 0.717) is 45.9 Å². The molecule has 2 heterocycles. The van der Waals surface area contributed by atoms with Crippen molar-refractivity contribution in [3.8, 4) is 0 Å². The summed E-state index contributed by atoms with van der Waals surface area (Å²) in [6, 6.07) is 0. The Labute approximate surface area is 119 Å². The average molecular weight is 309 g/mol. The first kappa shape index (κ1) is 15.5. The topological polar surface area (TPSA) is 75.9 Å². The quantitative estimate of drug-likeness (QED) is 0.773. The first-order valence-electron chi connectivity index (χ1n) is 6.62. The second kappa shape index (κ2) is 6.28. The number of hydrogen-bond acceptors (Lipinski definition) is 5. The molecule has 112 valence electrons. The first-order chi connectivity index (χ1) is 9.04. The van der Waals surface area contributed by atoms with Crippen molar-refractivity contribution in [1.82, 2.24) is 8.61 Å². The Balaban J connectivity index is 2.00. The highest BCUT2D eigenvalue weighted by atomic mass is 32.2. The molecule has 0 aromatic rings. The van der Waals surface area contributed by atoms with Gasteiger partial charge in [-0.2, -0.15) is 28.8 Å². The minimum Gasteiger partial charge on any atom is -0.379 e. The fourth-order valence-electron chi connectivity index (χ4n) is 2.56. The van der Waals surface area contributed by atoms with Gasteiger partial charge >= 0.3 is 0 Å². The van der Waals surface area contributed by atoms with Gasteiger partial charge in [-0.15, -0.1) is 0 Å². The normalized spacial score (nSPS) is 26.4. The second-order valence-corrected chi connectivity index (χ2v) is 8.21. The van der Waals surface area contributed by atoms with E-state index in [4.69, 9.17) is 10.5 Å². The molecular weight excluding hydrogens is 286 g/mol. The standard InChI is InChI=1S/C11H23N3O3S2/c1-18-11(10-12)2-4-13(5-3-11)19(15,16)14-6-8-17-9-7-14/h2-10,12H2,1H3. The van der Waals surface area contributed by atoms with Crippen LogP contribution in [-0.2, 0) is 14.9 Å². The summed E-state index contributed by atoms with van der Waals surface area (Å²) in [4.78, 5) is 0. The third-order valence-corrected chi connectivity index (χ3v) is 7.54. The summed E-state index contributed by atoms with van der Waals surface area (Å²) in [5.41, 5.74) is 5.83. The summed E-state index contributed by atoms with van der Waals surface area (Å²) in [5.74, 6) is 0. The lowest BCUT2D eigenvalue weighted by Gasteiger charge is -2.41. The maximum absolute atomic E-state index is 12.5. The van der Waals surface area contributed by atoms with Gasteiger partial charge in [-0.3, -0.25) is 0 Å². The van der Waals surface area contributed by atoms with Crippen molar-refractivity contribution < 1.29 is 13.2 Å². The summed E-state index contributed by atoms with van der Waals surface area (Å²) in [6.45, 7) is 3.65. The van der Waals surface area contributed by atoms with Crippen molar-refractivity contribution >= 4 is 22.0 Å². The monoisotopic (exact) mass is 309 g/mol. The van der Waals surface area contributed by atoms with Gasteiger partial charge in [0.2, 0.25) is 0 Å². The summed E-state index contributed by atoms with van der Waals surface area (Å²) >= 11 is 1.76. The lowest BCUT2D eigenvalue weighted by atomic mass is 9.97. The second-order valence-electron chi connectivity index (χ2n) is 5.01. The van der Waals surface area contributed by atoms with Crippen molar-refractivity contribution in [3.05, 3.63) is 0 Å². The zero-order valence-electron chi connectivity index (χ0n) is 11.4. The van der Waals surface area contributed by atoms with Crippen LogP contribution in [0.15, 0.2) is 0 Å². The van der Waals surface area contributed by atoms with Gasteiger partial charge in [0.05, 0.1) is 13.2 Å². The van der Waals surface area contributed by atoms with E-state index in [1.54, 1.807) is 16.1 Å². The molecule has 0 aliphatic carbocycles. The van der Waals surface area contributed by atoms with E-state index >= 15 is 0 Å². The minimum atomic E-state index is -3.32. The van der Waals surface area contributed by atoms with E-state index in [1.807, 2.05) is 0 Å². The molecule has 0 spiro atoms. The Morgan fingerprint density at radius 1 is 1.16 bits per heavy atom. The van der Waals surface area contributed by atoms with Crippen LogP contribution >= 0.6 is 11.8 Å². The van der Waals surface area contributed by atoms with E-state index in [2.05, 4.69) is 6.26 Å². The van der Waals surface area contributed by atoms with Gasteiger partial charge < -0.3 is 10.5 Å². The van der Waals surface area contributed by atoms with Gasteiger partial charge in [0.15, 0.2) is 0 Å². The van der Waals surface area contributed by atoms with E-state index in [9.17, 15) is 8.42 Å². The first-order valence-corrected chi connectivity index (χ1v) is 9.24. The molecule has 2 N–H and O–H groups in total. The molecule has 6 nitrogen and oxygen atoms in total. The molecule has 0 aromatic carbocycles. The summed E-state index contributed by atoms with van der Waals surface area (Å²) in [5, 5.41) is 0. The largest absolute Gasteiger partial charge is 0.379 e. The zero-order valence-corrected chi connectivity index (χ0v) is 13.0. The Kier molecular flexibility index (Phi) is 5.13. The van der Waals surface area contributed by atoms with Crippen molar-refractivity contribution in [2.45, 2.75) is 17.6 Å². The fraction of sp³-hybridized carbons (Fsp3) is 1.00. The number of nitrogens with two attached hydrogens (primary N) is 1. The maximum atomic E-state index is 12.5. The molecule has 8 heteroatoms. The van der Waals surface area contributed by atoms with Crippen molar-refractivity contribution in [1.29, 1.82) is 0 Å². The third-order valence-electron chi connectivity index (χ3n) is 4.06. The summed E-state index contributed by atoms with van der Waals surface area (Å²) in [7, 11) is -3.32. The van der Waals surface area contributed by atoms with Crippen LogP contribution < -0.4 is 5.73 Å². The van der Waals surface area contributed by atoms with Crippen LogP contribution in [0.3, 0.4) is 0 Å². The molecule has 2 rings (SSSR count). The van der Waals surface area contributed by atoms with Crippen LogP contribution in [0.2, 0.25) is 0 Å². The summed E-state index contributed by atoms with van der Waals surface area (Å²) in [6.07, 6.45) is 3.71. The Morgan fingerprint density at radius 3 is 2.16 bits per heavy atom. The van der Waals surface area contributed by atoms with Gasteiger partial charge in [0.25, 0.3) is 10.2 Å². The van der Waals surface area contributed by atoms with Crippen molar-refractivity contribution in [2.75, 3.05) is 52.2 Å². The van der Waals surface area contributed by atoms with Gasteiger partial charge in [0.1, 0.15) is 0 Å². The van der Waals surface area contributed by atoms with Crippen LogP contribution in [0.25, 0.3) is 0 Å². The Bertz CT molecular complexity index is 382.